The lowest BCUT2D eigenvalue weighted by molar-refractivity contribution is -0.139. The van der Waals surface area contributed by atoms with Crippen LogP contribution in [-0.2, 0) is 12.8 Å². The third-order valence-electron chi connectivity index (χ3n) is 2.46. The molecule has 0 fully saturated rings. The predicted molar refractivity (Wildman–Crippen MR) is 61.8 cm³/mol. The van der Waals surface area contributed by atoms with E-state index in [-0.39, 0.29) is 18.3 Å². The van der Waals surface area contributed by atoms with Crippen molar-refractivity contribution in [1.82, 2.24) is 10.1 Å². The van der Waals surface area contributed by atoms with Crippen molar-refractivity contribution in [3.05, 3.63) is 41.0 Å². The van der Waals surface area contributed by atoms with E-state index in [1.165, 1.54) is 6.92 Å². The van der Waals surface area contributed by atoms with Gasteiger partial charge < -0.3 is 14.4 Å². The standard InChI is InChI=1S/C12H9F3N2O4/c1-6-16-10(17-21-6)5-20-9-3-2-7(11(18)19)4-8(9)12(13,14)15/h2-4H,5H2,1H3,(H,18,19). The zero-order chi connectivity index (χ0) is 15.6. The van der Waals surface area contributed by atoms with E-state index in [2.05, 4.69) is 14.7 Å². The number of aromatic carboxylic acids is 1. The SMILES string of the molecule is Cc1nc(COc2ccc(C(=O)O)cc2C(F)(F)F)no1. The molecule has 0 aliphatic heterocycles. The summed E-state index contributed by atoms with van der Waals surface area (Å²) < 4.78 is 48.4. The fourth-order valence-corrected chi connectivity index (χ4v) is 1.55. The van der Waals surface area contributed by atoms with Crippen molar-refractivity contribution >= 4 is 5.97 Å². The first-order valence-electron chi connectivity index (χ1n) is 5.64. The molecule has 0 saturated carbocycles. The van der Waals surface area contributed by atoms with E-state index in [4.69, 9.17) is 9.84 Å². The van der Waals surface area contributed by atoms with Crippen molar-refractivity contribution in [3.63, 3.8) is 0 Å². The molecule has 112 valence electrons. The average molecular weight is 302 g/mol. The lowest BCUT2D eigenvalue weighted by atomic mass is 10.1. The molecule has 0 saturated heterocycles. The molecule has 6 nitrogen and oxygen atoms in total. The molecule has 0 atom stereocenters. The van der Waals surface area contributed by atoms with Gasteiger partial charge in [0.05, 0.1) is 11.1 Å². The summed E-state index contributed by atoms with van der Waals surface area (Å²) in [6.07, 6.45) is -4.74. The van der Waals surface area contributed by atoms with Gasteiger partial charge in [-0.3, -0.25) is 0 Å². The predicted octanol–water partition coefficient (Wildman–Crippen LogP) is 2.67. The Balaban J connectivity index is 2.27. The molecule has 0 aliphatic rings. The van der Waals surface area contributed by atoms with Gasteiger partial charge in [0.1, 0.15) is 5.75 Å². The molecule has 0 amide bonds. The summed E-state index contributed by atoms with van der Waals surface area (Å²) in [5, 5.41) is 12.2. The molecule has 1 aromatic heterocycles. The Labute approximate surface area is 116 Å². The molecular weight excluding hydrogens is 293 g/mol. The minimum absolute atomic E-state index is 0.0861. The first-order chi connectivity index (χ1) is 9.77. The number of benzene rings is 1. The van der Waals surface area contributed by atoms with Crippen LogP contribution in [0.2, 0.25) is 0 Å². The zero-order valence-electron chi connectivity index (χ0n) is 10.6. The fourth-order valence-electron chi connectivity index (χ4n) is 1.55. The van der Waals surface area contributed by atoms with Crippen LogP contribution in [-0.4, -0.2) is 21.2 Å². The van der Waals surface area contributed by atoms with Crippen molar-refractivity contribution in [2.75, 3.05) is 0 Å². The summed E-state index contributed by atoms with van der Waals surface area (Å²) in [4.78, 5) is 14.5. The van der Waals surface area contributed by atoms with Gasteiger partial charge in [-0.1, -0.05) is 5.16 Å². The van der Waals surface area contributed by atoms with E-state index in [9.17, 15) is 18.0 Å². The van der Waals surface area contributed by atoms with Crippen molar-refractivity contribution < 1.29 is 32.3 Å². The molecule has 0 spiro atoms. The molecule has 21 heavy (non-hydrogen) atoms. The summed E-state index contributed by atoms with van der Waals surface area (Å²) in [7, 11) is 0. The number of nitrogens with zero attached hydrogens (tertiary/aromatic N) is 2. The number of aryl methyl sites for hydroxylation is 1. The molecule has 0 unspecified atom stereocenters. The molecule has 2 aromatic rings. The highest BCUT2D eigenvalue weighted by Gasteiger charge is 2.35. The quantitative estimate of drug-likeness (QED) is 0.934. The van der Waals surface area contributed by atoms with E-state index in [0.29, 0.717) is 6.07 Å². The van der Waals surface area contributed by atoms with Crippen LogP contribution in [0.25, 0.3) is 0 Å². The number of ether oxygens (including phenoxy) is 1. The first kappa shape index (κ1) is 14.8. The van der Waals surface area contributed by atoms with Gasteiger partial charge in [0.15, 0.2) is 6.61 Å². The van der Waals surface area contributed by atoms with Crippen LogP contribution >= 0.6 is 0 Å². The molecule has 1 heterocycles. The van der Waals surface area contributed by atoms with Crippen LogP contribution in [0.15, 0.2) is 22.7 Å². The number of halogens is 3. The van der Waals surface area contributed by atoms with Gasteiger partial charge in [-0.2, -0.15) is 18.2 Å². The normalized spacial score (nSPS) is 11.4. The van der Waals surface area contributed by atoms with Crippen LogP contribution < -0.4 is 4.74 Å². The molecular formula is C12H9F3N2O4. The van der Waals surface area contributed by atoms with E-state index in [0.717, 1.165) is 12.1 Å². The smallest absolute Gasteiger partial charge is 0.419 e. The number of carboxylic acids is 1. The second-order valence-electron chi connectivity index (χ2n) is 4.03. The van der Waals surface area contributed by atoms with E-state index in [1.54, 1.807) is 0 Å². The van der Waals surface area contributed by atoms with E-state index < -0.39 is 29.0 Å². The summed E-state index contributed by atoms with van der Waals surface area (Å²) in [6, 6.07) is 2.48. The lowest BCUT2D eigenvalue weighted by Gasteiger charge is -2.13. The van der Waals surface area contributed by atoms with Gasteiger partial charge in [-0.25, -0.2) is 4.79 Å². The van der Waals surface area contributed by atoms with Crippen LogP contribution in [0.5, 0.6) is 5.75 Å². The highest BCUT2D eigenvalue weighted by atomic mass is 19.4. The third-order valence-corrected chi connectivity index (χ3v) is 2.46. The molecule has 0 aliphatic carbocycles. The summed E-state index contributed by atoms with van der Waals surface area (Å²) in [5.41, 5.74) is -1.66. The van der Waals surface area contributed by atoms with Crippen LogP contribution in [0.4, 0.5) is 13.2 Å². The Bertz CT molecular complexity index is 667. The van der Waals surface area contributed by atoms with Gasteiger partial charge >= 0.3 is 12.1 Å². The highest BCUT2D eigenvalue weighted by molar-refractivity contribution is 5.88. The first-order valence-corrected chi connectivity index (χ1v) is 5.64. The Morgan fingerprint density at radius 2 is 2.14 bits per heavy atom. The number of carboxylic acid groups (broad SMARTS) is 1. The van der Waals surface area contributed by atoms with Gasteiger partial charge in [-0.15, -0.1) is 0 Å². The summed E-state index contributed by atoms with van der Waals surface area (Å²) >= 11 is 0. The maximum absolute atomic E-state index is 12.9. The van der Waals surface area contributed by atoms with Crippen LogP contribution in [0.1, 0.15) is 27.6 Å². The number of alkyl halides is 3. The molecule has 0 radical (unpaired) electrons. The number of aromatic nitrogens is 2. The number of rotatable bonds is 4. The largest absolute Gasteiger partial charge is 0.485 e. The zero-order valence-corrected chi connectivity index (χ0v) is 10.6. The lowest BCUT2D eigenvalue weighted by Crippen LogP contribution is -2.11. The van der Waals surface area contributed by atoms with Crippen LogP contribution in [0.3, 0.4) is 0 Å². The average Bonchev–Trinajstić information content (AvgIpc) is 2.81. The topological polar surface area (TPSA) is 85.5 Å². The van der Waals surface area contributed by atoms with E-state index in [1.807, 2.05) is 0 Å². The third kappa shape index (κ3) is 3.50. The van der Waals surface area contributed by atoms with Gasteiger partial charge in [-0.05, 0) is 18.2 Å². The van der Waals surface area contributed by atoms with Crippen molar-refractivity contribution in [1.29, 1.82) is 0 Å². The van der Waals surface area contributed by atoms with Gasteiger partial charge in [0.25, 0.3) is 0 Å². The number of hydrogen-bond donors (Lipinski definition) is 1. The molecule has 1 aromatic carbocycles. The van der Waals surface area contributed by atoms with Crippen molar-refractivity contribution in [2.45, 2.75) is 19.7 Å². The molecule has 0 bridgehead atoms. The summed E-state index contributed by atoms with van der Waals surface area (Å²) in [6.45, 7) is 1.20. The summed E-state index contributed by atoms with van der Waals surface area (Å²) in [5.74, 6) is -1.62. The number of carbonyl (C=O) groups is 1. The Morgan fingerprint density at radius 3 is 2.67 bits per heavy atom. The Morgan fingerprint density at radius 1 is 1.43 bits per heavy atom. The van der Waals surface area contributed by atoms with Crippen molar-refractivity contribution in [3.8, 4) is 5.75 Å². The Kier molecular flexibility index (Phi) is 3.83. The second-order valence-corrected chi connectivity index (χ2v) is 4.03. The minimum Gasteiger partial charge on any atom is -0.485 e. The van der Waals surface area contributed by atoms with Crippen molar-refractivity contribution in [2.24, 2.45) is 0 Å². The molecule has 1 N–H and O–H groups in total. The number of hydrogen-bond acceptors (Lipinski definition) is 5. The maximum Gasteiger partial charge on any atom is 0.419 e. The van der Waals surface area contributed by atoms with Gasteiger partial charge in [0, 0.05) is 6.92 Å². The highest BCUT2D eigenvalue weighted by Crippen LogP contribution is 2.37. The maximum atomic E-state index is 12.9. The minimum atomic E-state index is -4.74. The van der Waals surface area contributed by atoms with Crippen LogP contribution in [0, 0.1) is 6.92 Å². The second kappa shape index (κ2) is 5.43. The van der Waals surface area contributed by atoms with E-state index >= 15 is 0 Å². The molecule has 9 heteroatoms. The Hall–Kier alpha value is -2.58. The van der Waals surface area contributed by atoms with Gasteiger partial charge in [0.2, 0.25) is 11.7 Å². The monoisotopic (exact) mass is 302 g/mol. The fraction of sp³-hybridized carbons (Fsp3) is 0.250. The molecule has 2 rings (SSSR count).